The maximum atomic E-state index is 10.8. The number of halogens is 1. The third-order valence-corrected chi connectivity index (χ3v) is 3.92. The molecule has 21 heavy (non-hydrogen) atoms. The summed E-state index contributed by atoms with van der Waals surface area (Å²) in [6.07, 6.45) is 0.0488. The molecule has 0 bridgehead atoms. The van der Waals surface area contributed by atoms with Crippen LogP contribution in [0.15, 0.2) is 24.3 Å². The molecule has 0 saturated carbocycles. The molecule has 0 spiro atoms. The highest BCUT2D eigenvalue weighted by Crippen LogP contribution is 2.20. The number of ether oxygens (including phenoxy) is 2. The Bertz CT molecular complexity index is 466. The van der Waals surface area contributed by atoms with Crippen molar-refractivity contribution in [2.75, 3.05) is 26.2 Å². The largest absolute Gasteiger partial charge is 0.492 e. The van der Waals surface area contributed by atoms with E-state index in [1.54, 1.807) is 0 Å². The first-order valence-corrected chi connectivity index (χ1v) is 7.49. The zero-order valence-corrected chi connectivity index (χ0v) is 12.9. The van der Waals surface area contributed by atoms with Gasteiger partial charge in [-0.1, -0.05) is 18.5 Å². The van der Waals surface area contributed by atoms with Crippen molar-refractivity contribution in [3.8, 4) is 5.75 Å². The first-order valence-electron chi connectivity index (χ1n) is 7.11. The van der Waals surface area contributed by atoms with Crippen LogP contribution in [0.2, 0.25) is 5.02 Å². The monoisotopic (exact) mass is 312 g/mol. The van der Waals surface area contributed by atoms with Gasteiger partial charge in [0.2, 0.25) is 0 Å². The quantitative estimate of drug-likeness (QED) is 0.907. The van der Waals surface area contributed by atoms with Gasteiger partial charge in [-0.3, -0.25) is 4.90 Å². The van der Waals surface area contributed by atoms with Crippen molar-refractivity contribution in [2.24, 2.45) is 11.7 Å². The molecule has 1 heterocycles. The van der Waals surface area contributed by atoms with Crippen LogP contribution in [0.3, 0.4) is 0 Å². The van der Waals surface area contributed by atoms with Crippen molar-refractivity contribution in [3.63, 3.8) is 0 Å². The van der Waals surface area contributed by atoms with Crippen LogP contribution in [0.4, 0.5) is 4.79 Å². The molecule has 2 unspecified atom stereocenters. The molecule has 5 nitrogen and oxygen atoms in total. The predicted octanol–water partition coefficient (Wildman–Crippen LogP) is 2.52. The van der Waals surface area contributed by atoms with Crippen molar-refractivity contribution in [2.45, 2.75) is 19.4 Å². The maximum absolute atomic E-state index is 10.8. The van der Waals surface area contributed by atoms with E-state index in [-0.39, 0.29) is 12.0 Å². The van der Waals surface area contributed by atoms with Crippen LogP contribution in [0.1, 0.15) is 13.3 Å². The fourth-order valence-corrected chi connectivity index (χ4v) is 2.69. The second-order valence-corrected chi connectivity index (χ2v) is 5.78. The van der Waals surface area contributed by atoms with Gasteiger partial charge in [-0.25, -0.2) is 4.79 Å². The zero-order valence-electron chi connectivity index (χ0n) is 12.1. The fraction of sp³-hybridized carbons (Fsp3) is 0.533. The lowest BCUT2D eigenvalue weighted by Gasteiger charge is -2.35. The van der Waals surface area contributed by atoms with Gasteiger partial charge in [0.25, 0.3) is 0 Å². The molecule has 6 heteroatoms. The average Bonchev–Trinajstić information content (AvgIpc) is 2.43. The Morgan fingerprint density at radius 2 is 2.14 bits per heavy atom. The fourth-order valence-electron chi connectivity index (χ4n) is 2.56. The SMILES string of the molecule is CC1CN(CCOc2ccc(Cl)cc2)CCC1OC(N)=O. The Morgan fingerprint density at radius 1 is 1.43 bits per heavy atom. The van der Waals surface area contributed by atoms with E-state index in [0.717, 1.165) is 31.8 Å². The Kier molecular flexibility index (Phi) is 5.70. The van der Waals surface area contributed by atoms with E-state index < -0.39 is 6.09 Å². The standard InChI is InChI=1S/C15H21ClN2O3/c1-11-10-18(7-6-14(11)21-15(17)19)8-9-20-13-4-2-12(16)3-5-13/h2-5,11,14H,6-10H2,1H3,(H2,17,19). The number of benzene rings is 1. The predicted molar refractivity (Wildman–Crippen MR) is 81.6 cm³/mol. The smallest absolute Gasteiger partial charge is 0.404 e. The van der Waals surface area contributed by atoms with Gasteiger partial charge in [0, 0.05) is 30.6 Å². The molecular weight excluding hydrogens is 292 g/mol. The first kappa shape index (κ1) is 15.9. The summed E-state index contributed by atoms with van der Waals surface area (Å²) in [6.45, 7) is 5.29. The van der Waals surface area contributed by atoms with Gasteiger partial charge >= 0.3 is 6.09 Å². The van der Waals surface area contributed by atoms with Gasteiger partial charge in [0.15, 0.2) is 0 Å². The molecule has 1 aromatic rings. The molecule has 1 aliphatic rings. The summed E-state index contributed by atoms with van der Waals surface area (Å²) in [7, 11) is 0. The lowest BCUT2D eigenvalue weighted by molar-refractivity contribution is 0.0156. The van der Waals surface area contributed by atoms with Crippen LogP contribution in [-0.2, 0) is 4.74 Å². The normalized spacial score (nSPS) is 22.8. The molecule has 1 fully saturated rings. The third kappa shape index (κ3) is 5.10. The zero-order chi connectivity index (χ0) is 15.2. The number of hydrogen-bond acceptors (Lipinski definition) is 4. The summed E-state index contributed by atoms with van der Waals surface area (Å²) >= 11 is 5.82. The minimum Gasteiger partial charge on any atom is -0.492 e. The van der Waals surface area contributed by atoms with Gasteiger partial charge in [0.1, 0.15) is 18.5 Å². The van der Waals surface area contributed by atoms with E-state index in [1.165, 1.54) is 0 Å². The Balaban J connectivity index is 1.70. The minimum absolute atomic E-state index is 0.0732. The molecule has 116 valence electrons. The summed E-state index contributed by atoms with van der Waals surface area (Å²) in [4.78, 5) is 13.1. The van der Waals surface area contributed by atoms with Crippen molar-refractivity contribution in [1.29, 1.82) is 0 Å². The topological polar surface area (TPSA) is 64.8 Å². The highest BCUT2D eigenvalue weighted by Gasteiger charge is 2.28. The van der Waals surface area contributed by atoms with Crippen LogP contribution < -0.4 is 10.5 Å². The van der Waals surface area contributed by atoms with E-state index in [2.05, 4.69) is 11.8 Å². The average molecular weight is 313 g/mol. The molecule has 1 aromatic carbocycles. The van der Waals surface area contributed by atoms with Crippen LogP contribution in [0, 0.1) is 5.92 Å². The summed E-state index contributed by atoms with van der Waals surface area (Å²) in [5.41, 5.74) is 5.07. The number of primary amides is 1. The van der Waals surface area contributed by atoms with E-state index in [1.807, 2.05) is 24.3 Å². The van der Waals surface area contributed by atoms with Crippen molar-refractivity contribution in [1.82, 2.24) is 4.90 Å². The molecule has 1 amide bonds. The van der Waals surface area contributed by atoms with Gasteiger partial charge < -0.3 is 15.2 Å². The first-order chi connectivity index (χ1) is 10.0. The van der Waals surface area contributed by atoms with E-state index in [4.69, 9.17) is 26.8 Å². The van der Waals surface area contributed by atoms with Crippen LogP contribution >= 0.6 is 11.6 Å². The highest BCUT2D eigenvalue weighted by molar-refractivity contribution is 6.30. The van der Waals surface area contributed by atoms with Crippen molar-refractivity contribution < 1.29 is 14.3 Å². The van der Waals surface area contributed by atoms with Gasteiger partial charge in [-0.05, 0) is 30.7 Å². The highest BCUT2D eigenvalue weighted by atomic mass is 35.5. The maximum Gasteiger partial charge on any atom is 0.404 e. The molecule has 0 radical (unpaired) electrons. The Hall–Kier alpha value is -1.46. The number of piperidine rings is 1. The third-order valence-electron chi connectivity index (χ3n) is 3.67. The number of hydrogen-bond donors (Lipinski definition) is 1. The second kappa shape index (κ2) is 7.52. The molecule has 1 aliphatic heterocycles. The number of amides is 1. The van der Waals surface area contributed by atoms with Crippen LogP contribution in [0.25, 0.3) is 0 Å². The molecule has 0 aliphatic carbocycles. The lowest BCUT2D eigenvalue weighted by atomic mass is 9.96. The van der Waals surface area contributed by atoms with Gasteiger partial charge in [-0.2, -0.15) is 0 Å². The van der Waals surface area contributed by atoms with E-state index in [0.29, 0.717) is 11.6 Å². The number of nitrogens with two attached hydrogens (primary N) is 1. The van der Waals surface area contributed by atoms with Gasteiger partial charge in [0.05, 0.1) is 0 Å². The summed E-state index contributed by atoms with van der Waals surface area (Å²) in [5, 5.41) is 0.702. The number of rotatable bonds is 5. The summed E-state index contributed by atoms with van der Waals surface area (Å²) in [5.74, 6) is 1.10. The minimum atomic E-state index is -0.689. The van der Waals surface area contributed by atoms with Gasteiger partial charge in [-0.15, -0.1) is 0 Å². The molecule has 1 saturated heterocycles. The number of carbonyl (C=O) groups excluding carboxylic acids is 1. The number of likely N-dealkylation sites (tertiary alicyclic amines) is 1. The molecule has 2 N–H and O–H groups in total. The number of carbonyl (C=O) groups is 1. The molecule has 2 rings (SSSR count). The molecule has 2 atom stereocenters. The Labute approximate surface area is 130 Å². The molecular formula is C15H21ClN2O3. The second-order valence-electron chi connectivity index (χ2n) is 5.34. The Morgan fingerprint density at radius 3 is 2.76 bits per heavy atom. The lowest BCUT2D eigenvalue weighted by Crippen LogP contribution is -2.45. The van der Waals surface area contributed by atoms with E-state index >= 15 is 0 Å². The summed E-state index contributed by atoms with van der Waals surface area (Å²) in [6, 6.07) is 7.34. The van der Waals surface area contributed by atoms with Crippen LogP contribution in [-0.4, -0.2) is 43.3 Å². The van der Waals surface area contributed by atoms with Crippen molar-refractivity contribution in [3.05, 3.63) is 29.3 Å². The van der Waals surface area contributed by atoms with Crippen LogP contribution in [0.5, 0.6) is 5.75 Å². The molecule has 0 aromatic heterocycles. The number of nitrogens with zero attached hydrogens (tertiary/aromatic N) is 1. The van der Waals surface area contributed by atoms with E-state index in [9.17, 15) is 4.79 Å². The van der Waals surface area contributed by atoms with Crippen molar-refractivity contribution >= 4 is 17.7 Å². The summed E-state index contributed by atoms with van der Waals surface area (Å²) < 4.78 is 10.8.